The number of aldehydes is 1. The van der Waals surface area contributed by atoms with Crippen LogP contribution in [0.3, 0.4) is 0 Å². The van der Waals surface area contributed by atoms with Crippen LogP contribution in [0, 0.1) is 0 Å². The Kier molecular flexibility index (Phi) is 53.2. The summed E-state index contributed by atoms with van der Waals surface area (Å²) in [6.07, 6.45) is 0.750. The summed E-state index contributed by atoms with van der Waals surface area (Å²) in [4.78, 5) is 8.81. The van der Waals surface area contributed by atoms with E-state index in [9.17, 15) is 0 Å². The van der Waals surface area contributed by atoms with Gasteiger partial charge < -0.3 is 7.65 Å². The summed E-state index contributed by atoms with van der Waals surface area (Å²) in [5.74, 6) is 0. The van der Waals surface area contributed by atoms with Gasteiger partial charge in [0.15, 0.2) is 0 Å². The Morgan fingerprint density at radius 2 is 1.80 bits per heavy atom. The molecule has 5 heavy (non-hydrogen) atoms. The van der Waals surface area contributed by atoms with E-state index in [2.05, 4.69) is 0 Å². The van der Waals surface area contributed by atoms with E-state index in [1.165, 1.54) is 6.92 Å². The molecule has 1 nitrogen and oxygen atoms in total. The van der Waals surface area contributed by atoms with Crippen molar-refractivity contribution in [2.75, 3.05) is 0 Å². The standard InChI is InChI=1S/C2H4O.K.Li.2H/c1-2-3;;;;/h2H,1H3;;;;/q;2*+1;2*-1. The van der Waals surface area contributed by atoms with E-state index in [1.54, 1.807) is 0 Å². The van der Waals surface area contributed by atoms with Gasteiger partial charge in [0.2, 0.25) is 0 Å². The average molecular weight is 92.1 g/mol. The van der Waals surface area contributed by atoms with Gasteiger partial charge in [0.1, 0.15) is 6.29 Å². The minimum Gasteiger partial charge on any atom is -1.00 e. The minimum atomic E-state index is 0. The van der Waals surface area contributed by atoms with Crippen molar-refractivity contribution >= 4 is 6.29 Å². The van der Waals surface area contributed by atoms with Crippen molar-refractivity contribution in [3.05, 3.63) is 0 Å². The molecule has 0 aromatic heterocycles. The van der Waals surface area contributed by atoms with Crippen LogP contribution >= 0.6 is 0 Å². The van der Waals surface area contributed by atoms with Gasteiger partial charge in [-0.05, 0) is 6.92 Å². The van der Waals surface area contributed by atoms with Crippen molar-refractivity contribution in [2.45, 2.75) is 6.92 Å². The molecule has 3 heteroatoms. The van der Waals surface area contributed by atoms with Crippen LogP contribution in [-0.4, -0.2) is 6.29 Å². The smallest absolute Gasteiger partial charge is 1.00 e. The van der Waals surface area contributed by atoms with Crippen LogP contribution in [0.15, 0.2) is 0 Å². The molecule has 0 spiro atoms. The van der Waals surface area contributed by atoms with Gasteiger partial charge in [0.25, 0.3) is 0 Å². The Bertz CT molecular complexity index is 23.2. The topological polar surface area (TPSA) is 17.1 Å². The summed E-state index contributed by atoms with van der Waals surface area (Å²) < 4.78 is 0. The Balaban J connectivity index is -0.00000000333. The Labute approximate surface area is 89.5 Å². The summed E-state index contributed by atoms with van der Waals surface area (Å²) in [6, 6.07) is 0. The molecule has 0 N–H and O–H groups in total. The first-order valence-electron chi connectivity index (χ1n) is 0.813. The van der Waals surface area contributed by atoms with E-state index in [-0.39, 0.29) is 73.1 Å². The summed E-state index contributed by atoms with van der Waals surface area (Å²) in [6.45, 7) is 1.44. The summed E-state index contributed by atoms with van der Waals surface area (Å²) in [7, 11) is 0. The van der Waals surface area contributed by atoms with Gasteiger partial charge in [-0.25, -0.2) is 0 Å². The van der Waals surface area contributed by atoms with Crippen LogP contribution in [0.2, 0.25) is 0 Å². The third-order valence-electron chi connectivity index (χ3n) is 0. The number of hydrogen-bond acceptors (Lipinski definition) is 1. The molecule has 0 saturated heterocycles. The average Bonchev–Trinajstić information content (AvgIpc) is 0.918. The van der Waals surface area contributed by atoms with Crippen LogP contribution in [0.25, 0.3) is 0 Å². The molecule has 0 aromatic rings. The van der Waals surface area contributed by atoms with E-state index >= 15 is 0 Å². The number of hydrogen-bond donors (Lipinski definition) is 0. The first-order chi connectivity index (χ1) is 1.41. The second-order valence-corrected chi connectivity index (χ2v) is 0.236. The molecular weight excluding hydrogens is 86.1 g/mol. The van der Waals surface area contributed by atoms with Crippen molar-refractivity contribution in [2.24, 2.45) is 0 Å². The van der Waals surface area contributed by atoms with Gasteiger partial charge >= 0.3 is 70.2 Å². The SMILES string of the molecule is CC=O.[H-].[H-].[K+].[Li+]. The molecule has 0 unspecified atom stereocenters. The molecule has 0 radical (unpaired) electrons. The molecule has 0 atom stereocenters. The van der Waals surface area contributed by atoms with Gasteiger partial charge in [-0.15, -0.1) is 0 Å². The molecule has 0 aliphatic rings. The van der Waals surface area contributed by atoms with Crippen LogP contribution in [0.5, 0.6) is 0 Å². The van der Waals surface area contributed by atoms with Crippen molar-refractivity contribution in [3.63, 3.8) is 0 Å². The van der Waals surface area contributed by atoms with Gasteiger partial charge in [0, 0.05) is 0 Å². The maximum absolute atomic E-state index is 8.81. The molecule has 22 valence electrons. The second kappa shape index (κ2) is 16.8. The molecule has 0 rings (SSSR count). The zero-order chi connectivity index (χ0) is 2.71. The van der Waals surface area contributed by atoms with Crippen molar-refractivity contribution in [1.29, 1.82) is 0 Å². The van der Waals surface area contributed by atoms with Gasteiger partial charge in [-0.3, -0.25) is 0 Å². The largest absolute Gasteiger partial charge is 1.00 e. The first kappa shape index (κ1) is 15.8. The van der Waals surface area contributed by atoms with Crippen molar-refractivity contribution in [3.8, 4) is 0 Å². The molecule has 0 aliphatic carbocycles. The second-order valence-electron chi connectivity index (χ2n) is 0.236. The van der Waals surface area contributed by atoms with Crippen molar-refractivity contribution in [1.82, 2.24) is 0 Å². The monoisotopic (exact) mass is 92.0 g/mol. The molecule has 0 heterocycles. The van der Waals surface area contributed by atoms with Gasteiger partial charge in [-0.2, -0.15) is 0 Å². The molecule has 0 saturated carbocycles. The third-order valence-corrected chi connectivity index (χ3v) is 0. The van der Waals surface area contributed by atoms with Crippen LogP contribution in [-0.2, 0) is 4.79 Å². The Morgan fingerprint density at radius 3 is 1.80 bits per heavy atom. The van der Waals surface area contributed by atoms with E-state index in [0.717, 1.165) is 6.29 Å². The summed E-state index contributed by atoms with van der Waals surface area (Å²) >= 11 is 0. The fourth-order valence-electron chi connectivity index (χ4n) is 0. The predicted molar refractivity (Wildman–Crippen MR) is 14.0 cm³/mol. The third kappa shape index (κ3) is 24.8. The molecule has 0 fully saturated rings. The Morgan fingerprint density at radius 1 is 1.80 bits per heavy atom. The predicted octanol–water partition coefficient (Wildman–Crippen LogP) is -5.56. The van der Waals surface area contributed by atoms with E-state index < -0.39 is 0 Å². The fraction of sp³-hybridized carbons (Fsp3) is 0.500. The number of carbonyl (C=O) groups excluding carboxylic acids is 1. The first-order valence-corrected chi connectivity index (χ1v) is 0.813. The zero-order valence-corrected chi connectivity index (χ0v) is 7.11. The van der Waals surface area contributed by atoms with Crippen molar-refractivity contribution < 1.29 is 77.9 Å². The molecular formula is C2H6KLiO. The van der Waals surface area contributed by atoms with Gasteiger partial charge in [0.05, 0.1) is 0 Å². The number of rotatable bonds is 0. The van der Waals surface area contributed by atoms with Crippen LogP contribution in [0.4, 0.5) is 0 Å². The van der Waals surface area contributed by atoms with E-state index in [0.29, 0.717) is 0 Å². The zero-order valence-electron chi connectivity index (χ0n) is 5.99. The van der Waals surface area contributed by atoms with E-state index in [1.807, 2.05) is 0 Å². The normalized spacial score (nSPS) is 2.60. The fourth-order valence-corrected chi connectivity index (χ4v) is 0. The quantitative estimate of drug-likeness (QED) is 0.215. The summed E-state index contributed by atoms with van der Waals surface area (Å²) in [5.41, 5.74) is 0. The molecule has 0 aromatic carbocycles. The van der Waals surface area contributed by atoms with Crippen LogP contribution in [0.1, 0.15) is 9.78 Å². The maximum Gasteiger partial charge on any atom is 1.00 e. The summed E-state index contributed by atoms with van der Waals surface area (Å²) in [5, 5.41) is 0. The molecule has 0 aliphatic heterocycles. The minimum absolute atomic E-state index is 0. The number of carbonyl (C=O) groups is 1. The Hall–Kier alpha value is 1.90. The molecule has 0 amide bonds. The van der Waals surface area contributed by atoms with E-state index in [4.69, 9.17) is 4.79 Å². The maximum atomic E-state index is 8.81. The van der Waals surface area contributed by atoms with Crippen LogP contribution < -0.4 is 70.2 Å². The molecule has 0 bridgehead atoms. The van der Waals surface area contributed by atoms with Gasteiger partial charge in [-0.1, -0.05) is 0 Å².